The molecule has 1 saturated carbocycles. The van der Waals surface area contributed by atoms with Crippen LogP contribution in [0.15, 0.2) is 36.1 Å². The number of ether oxygens (including phenoxy) is 2. The van der Waals surface area contributed by atoms with Crippen LogP contribution < -0.4 is 5.32 Å². The highest BCUT2D eigenvalue weighted by Crippen LogP contribution is 2.30. The van der Waals surface area contributed by atoms with Crippen molar-refractivity contribution in [3.8, 4) is 0 Å². The van der Waals surface area contributed by atoms with Gasteiger partial charge in [-0.3, -0.25) is 4.79 Å². The van der Waals surface area contributed by atoms with Gasteiger partial charge < -0.3 is 19.9 Å². The predicted octanol–water partition coefficient (Wildman–Crippen LogP) is 3.27. The number of nitrogens with one attached hydrogen (secondary N) is 1. The molecule has 2 N–H and O–H groups in total. The van der Waals surface area contributed by atoms with Crippen molar-refractivity contribution in [3.05, 3.63) is 47.2 Å². The fourth-order valence-electron chi connectivity index (χ4n) is 3.15. The molecule has 0 radical (unpaired) electrons. The maximum Gasteiger partial charge on any atom is 0.286 e. The summed E-state index contributed by atoms with van der Waals surface area (Å²) in [7, 11) is 0. The molecule has 0 spiro atoms. The minimum absolute atomic E-state index is 0.0349. The highest BCUT2D eigenvalue weighted by atomic mass is 16.7. The van der Waals surface area contributed by atoms with Crippen molar-refractivity contribution >= 4 is 5.91 Å². The summed E-state index contributed by atoms with van der Waals surface area (Å²) >= 11 is 0. The van der Waals surface area contributed by atoms with E-state index in [9.17, 15) is 4.79 Å². The Hall–Kier alpha value is -1.85. The van der Waals surface area contributed by atoms with E-state index in [4.69, 9.17) is 14.6 Å². The molecule has 1 fully saturated rings. The van der Waals surface area contributed by atoms with Crippen LogP contribution in [0.4, 0.5) is 0 Å². The van der Waals surface area contributed by atoms with E-state index in [1.807, 2.05) is 30.3 Å². The maximum atomic E-state index is 12.5. The summed E-state index contributed by atoms with van der Waals surface area (Å²) in [5.41, 5.74) is 1.89. The minimum Gasteiger partial charge on any atom is -0.459 e. The fraction of sp³-hybridized carbons (Fsp3) is 0.571. The van der Waals surface area contributed by atoms with Gasteiger partial charge >= 0.3 is 0 Å². The highest BCUT2D eigenvalue weighted by Gasteiger charge is 2.31. The van der Waals surface area contributed by atoms with Crippen molar-refractivity contribution < 1.29 is 19.4 Å². The molecule has 1 heterocycles. The third-order valence-electron chi connectivity index (χ3n) is 5.25. The van der Waals surface area contributed by atoms with Crippen molar-refractivity contribution in [1.82, 2.24) is 5.32 Å². The lowest BCUT2D eigenvalue weighted by Crippen LogP contribution is -2.42. The van der Waals surface area contributed by atoms with Gasteiger partial charge in [-0.05, 0) is 48.3 Å². The van der Waals surface area contributed by atoms with Gasteiger partial charge in [0.15, 0.2) is 5.76 Å². The topological polar surface area (TPSA) is 67.8 Å². The van der Waals surface area contributed by atoms with E-state index in [2.05, 4.69) is 19.2 Å². The zero-order valence-corrected chi connectivity index (χ0v) is 15.6. The molecule has 1 aliphatic carbocycles. The van der Waals surface area contributed by atoms with Gasteiger partial charge in [-0.1, -0.05) is 38.1 Å². The minimum atomic E-state index is -0.424. The molecule has 142 valence electrons. The molecule has 1 amide bonds. The summed E-state index contributed by atoms with van der Waals surface area (Å²) in [5, 5.41) is 12.2. The number of carbonyl (C=O) groups excluding carboxylic acids is 1. The Morgan fingerprint density at radius 2 is 1.96 bits per heavy atom. The number of hydrogen-bond donors (Lipinski definition) is 2. The lowest BCUT2D eigenvalue weighted by Gasteiger charge is -2.32. The summed E-state index contributed by atoms with van der Waals surface area (Å²) in [5.74, 6) is 0.941. The molecule has 0 bridgehead atoms. The Labute approximate surface area is 155 Å². The van der Waals surface area contributed by atoms with Crippen LogP contribution in [0.5, 0.6) is 0 Å². The van der Waals surface area contributed by atoms with Crippen LogP contribution in [0.2, 0.25) is 0 Å². The van der Waals surface area contributed by atoms with Crippen molar-refractivity contribution in [2.24, 2.45) is 11.8 Å². The number of rotatable bonds is 7. The average molecular weight is 359 g/mol. The monoisotopic (exact) mass is 359 g/mol. The molecule has 0 saturated heterocycles. The van der Waals surface area contributed by atoms with Crippen LogP contribution in [0.3, 0.4) is 0 Å². The SMILES string of the molecule is CC(C)[C@H]1C=C(C(=O)NC2CCC2)O[C@@H](OCc2ccc(CO)cc2)C1. The van der Waals surface area contributed by atoms with E-state index in [0.717, 1.165) is 30.4 Å². The zero-order valence-electron chi connectivity index (χ0n) is 15.6. The molecular formula is C21H29NO4. The Balaban J connectivity index is 1.59. The van der Waals surface area contributed by atoms with Gasteiger partial charge in [0.1, 0.15) is 0 Å². The molecule has 3 rings (SSSR count). The highest BCUT2D eigenvalue weighted by molar-refractivity contribution is 5.91. The summed E-state index contributed by atoms with van der Waals surface area (Å²) < 4.78 is 11.8. The van der Waals surface area contributed by atoms with Crippen molar-refractivity contribution in [1.29, 1.82) is 0 Å². The Bertz CT molecular complexity index is 634. The smallest absolute Gasteiger partial charge is 0.286 e. The van der Waals surface area contributed by atoms with Crippen LogP contribution in [-0.2, 0) is 27.5 Å². The molecule has 5 heteroatoms. The number of aliphatic hydroxyl groups is 1. The largest absolute Gasteiger partial charge is 0.459 e. The molecule has 2 aliphatic rings. The Morgan fingerprint density at radius 1 is 1.27 bits per heavy atom. The molecule has 2 atom stereocenters. The first kappa shape index (κ1) is 18.9. The molecule has 1 aromatic rings. The molecular weight excluding hydrogens is 330 g/mol. The third kappa shape index (κ3) is 4.86. The maximum absolute atomic E-state index is 12.5. The van der Waals surface area contributed by atoms with Crippen LogP contribution in [0, 0.1) is 11.8 Å². The Morgan fingerprint density at radius 3 is 2.54 bits per heavy atom. The summed E-state index contributed by atoms with van der Waals surface area (Å²) in [6.45, 7) is 4.75. The fourth-order valence-corrected chi connectivity index (χ4v) is 3.15. The van der Waals surface area contributed by atoms with Gasteiger partial charge in [-0.2, -0.15) is 0 Å². The number of carbonyl (C=O) groups is 1. The number of benzene rings is 1. The average Bonchev–Trinajstić information content (AvgIpc) is 2.63. The van der Waals surface area contributed by atoms with Crippen molar-refractivity contribution in [2.75, 3.05) is 0 Å². The summed E-state index contributed by atoms with van der Waals surface area (Å²) in [6, 6.07) is 7.93. The quantitative estimate of drug-likeness (QED) is 0.784. The molecule has 0 aromatic heterocycles. The molecule has 0 unspecified atom stereocenters. The van der Waals surface area contributed by atoms with E-state index in [0.29, 0.717) is 18.3 Å². The second-order valence-corrected chi connectivity index (χ2v) is 7.61. The normalized spacial score (nSPS) is 23.2. The van der Waals surface area contributed by atoms with Gasteiger partial charge in [0.25, 0.3) is 5.91 Å². The molecule has 26 heavy (non-hydrogen) atoms. The predicted molar refractivity (Wildman–Crippen MR) is 98.8 cm³/mol. The first-order chi connectivity index (χ1) is 12.5. The Kier molecular flexibility index (Phi) is 6.33. The lowest BCUT2D eigenvalue weighted by molar-refractivity contribution is -0.155. The van der Waals surface area contributed by atoms with Gasteiger partial charge in [-0.25, -0.2) is 0 Å². The third-order valence-corrected chi connectivity index (χ3v) is 5.25. The van der Waals surface area contributed by atoms with E-state index in [-0.39, 0.29) is 24.5 Å². The van der Waals surface area contributed by atoms with E-state index in [1.54, 1.807) is 0 Å². The summed E-state index contributed by atoms with van der Waals surface area (Å²) in [6.07, 6.45) is 5.56. The van der Waals surface area contributed by atoms with Gasteiger partial charge in [-0.15, -0.1) is 0 Å². The first-order valence-corrected chi connectivity index (χ1v) is 9.54. The lowest BCUT2D eigenvalue weighted by atomic mass is 9.89. The number of allylic oxidation sites excluding steroid dienone is 1. The zero-order chi connectivity index (χ0) is 18.5. The second kappa shape index (κ2) is 8.69. The standard InChI is InChI=1S/C21H29NO4/c1-14(2)17-10-19(21(24)22-18-4-3-5-18)26-20(11-17)25-13-16-8-6-15(12-23)7-9-16/h6-10,14,17-18,20,23H,3-5,11-13H2,1-2H3,(H,22,24)/t17-,20+/m0/s1. The number of hydrogen-bond acceptors (Lipinski definition) is 4. The van der Waals surface area contributed by atoms with Crippen LogP contribution in [0.1, 0.15) is 50.7 Å². The van der Waals surface area contributed by atoms with Gasteiger partial charge in [0.2, 0.25) is 6.29 Å². The molecule has 1 aromatic carbocycles. The van der Waals surface area contributed by atoms with Gasteiger partial charge in [0.05, 0.1) is 13.2 Å². The summed E-state index contributed by atoms with van der Waals surface area (Å²) in [4.78, 5) is 12.5. The van der Waals surface area contributed by atoms with Crippen LogP contribution >= 0.6 is 0 Å². The van der Waals surface area contributed by atoms with Crippen LogP contribution in [-0.4, -0.2) is 23.3 Å². The number of aliphatic hydroxyl groups excluding tert-OH is 1. The number of amides is 1. The van der Waals surface area contributed by atoms with E-state index >= 15 is 0 Å². The van der Waals surface area contributed by atoms with Crippen LogP contribution in [0.25, 0.3) is 0 Å². The van der Waals surface area contributed by atoms with Crippen molar-refractivity contribution in [3.63, 3.8) is 0 Å². The second-order valence-electron chi connectivity index (χ2n) is 7.61. The molecule has 1 aliphatic heterocycles. The molecule has 5 nitrogen and oxygen atoms in total. The van der Waals surface area contributed by atoms with Crippen molar-refractivity contribution in [2.45, 2.75) is 65.1 Å². The van der Waals surface area contributed by atoms with E-state index in [1.165, 1.54) is 6.42 Å². The van der Waals surface area contributed by atoms with E-state index < -0.39 is 6.29 Å². The van der Waals surface area contributed by atoms with Gasteiger partial charge in [0, 0.05) is 12.5 Å². The first-order valence-electron chi connectivity index (χ1n) is 9.54.